The number of nitrogens with zero attached hydrogens (tertiary/aromatic N) is 2. The van der Waals surface area contributed by atoms with Gasteiger partial charge in [-0.25, -0.2) is 0 Å². The van der Waals surface area contributed by atoms with E-state index in [0.29, 0.717) is 0 Å². The number of hydrogen-bond donors (Lipinski definition) is 0. The van der Waals surface area contributed by atoms with Crippen molar-refractivity contribution in [1.82, 2.24) is 10.1 Å². The van der Waals surface area contributed by atoms with Gasteiger partial charge in [-0.2, -0.15) is 4.98 Å². The van der Waals surface area contributed by atoms with Gasteiger partial charge in [0.25, 0.3) is 0 Å². The highest BCUT2D eigenvalue weighted by Crippen LogP contribution is 2.08. The van der Waals surface area contributed by atoms with Crippen molar-refractivity contribution in [1.29, 1.82) is 0 Å². The van der Waals surface area contributed by atoms with Crippen LogP contribution in [-0.4, -0.2) is 10.1 Å². The highest BCUT2D eigenvalue weighted by Gasteiger charge is 2.06. The average molecular weight is 230 g/mol. The second-order valence-corrected chi connectivity index (χ2v) is 4.22. The summed E-state index contributed by atoms with van der Waals surface area (Å²) in [6.07, 6.45) is 5.21. The Morgan fingerprint density at radius 1 is 1.12 bits per heavy atom. The van der Waals surface area contributed by atoms with Gasteiger partial charge in [0, 0.05) is 12.8 Å². The fourth-order valence-electron chi connectivity index (χ4n) is 1.77. The predicted molar refractivity (Wildman–Crippen MR) is 66.8 cm³/mol. The summed E-state index contributed by atoms with van der Waals surface area (Å²) >= 11 is 0. The topological polar surface area (TPSA) is 38.9 Å². The third-order valence-electron chi connectivity index (χ3n) is 2.71. The Hall–Kier alpha value is -1.64. The summed E-state index contributed by atoms with van der Waals surface area (Å²) in [4.78, 5) is 4.40. The molecule has 0 spiro atoms. The smallest absolute Gasteiger partial charge is 0.226 e. The lowest BCUT2D eigenvalue weighted by atomic mass is 10.1. The molecule has 0 aliphatic heterocycles. The molecule has 0 saturated carbocycles. The SMILES string of the molecule is CCCCCc1nc(Cc2ccccc2)no1. The first-order valence-electron chi connectivity index (χ1n) is 6.24. The predicted octanol–water partition coefficient (Wildman–Crippen LogP) is 3.39. The maximum atomic E-state index is 5.22. The maximum absolute atomic E-state index is 5.22. The number of aromatic nitrogens is 2. The van der Waals surface area contributed by atoms with Crippen LogP contribution in [0.25, 0.3) is 0 Å². The molecule has 2 rings (SSSR count). The molecule has 1 heterocycles. The molecule has 0 bridgehead atoms. The van der Waals surface area contributed by atoms with Crippen molar-refractivity contribution in [2.45, 2.75) is 39.0 Å². The summed E-state index contributed by atoms with van der Waals surface area (Å²) < 4.78 is 5.22. The standard InChI is InChI=1S/C14H18N2O/c1-2-3-5-10-14-15-13(16-17-14)11-12-8-6-4-7-9-12/h4,6-9H,2-3,5,10-11H2,1H3. The maximum Gasteiger partial charge on any atom is 0.226 e. The van der Waals surface area contributed by atoms with Crippen molar-refractivity contribution in [3.8, 4) is 0 Å². The van der Waals surface area contributed by atoms with Crippen LogP contribution in [0.15, 0.2) is 34.9 Å². The van der Waals surface area contributed by atoms with E-state index in [0.717, 1.165) is 31.0 Å². The van der Waals surface area contributed by atoms with E-state index in [4.69, 9.17) is 4.52 Å². The van der Waals surface area contributed by atoms with E-state index in [1.807, 2.05) is 18.2 Å². The van der Waals surface area contributed by atoms with Crippen LogP contribution in [0, 0.1) is 0 Å². The minimum atomic E-state index is 0.748. The molecule has 0 atom stereocenters. The van der Waals surface area contributed by atoms with Crippen molar-refractivity contribution in [3.63, 3.8) is 0 Å². The molecule has 0 radical (unpaired) electrons. The zero-order valence-electron chi connectivity index (χ0n) is 10.2. The van der Waals surface area contributed by atoms with Gasteiger partial charge in [0.15, 0.2) is 5.82 Å². The van der Waals surface area contributed by atoms with Gasteiger partial charge < -0.3 is 4.52 Å². The largest absolute Gasteiger partial charge is 0.339 e. The number of benzene rings is 1. The van der Waals surface area contributed by atoms with E-state index >= 15 is 0 Å². The molecule has 0 fully saturated rings. The van der Waals surface area contributed by atoms with E-state index in [-0.39, 0.29) is 0 Å². The first-order valence-corrected chi connectivity index (χ1v) is 6.24. The van der Waals surface area contributed by atoms with Crippen LogP contribution in [0.4, 0.5) is 0 Å². The number of aryl methyl sites for hydroxylation is 1. The van der Waals surface area contributed by atoms with Crippen LogP contribution < -0.4 is 0 Å². The van der Waals surface area contributed by atoms with Gasteiger partial charge in [0.05, 0.1) is 0 Å². The van der Waals surface area contributed by atoms with Crippen molar-refractivity contribution in [3.05, 3.63) is 47.6 Å². The van der Waals surface area contributed by atoms with Gasteiger partial charge >= 0.3 is 0 Å². The number of rotatable bonds is 6. The molecular weight excluding hydrogens is 212 g/mol. The molecule has 2 aromatic rings. The first-order chi connectivity index (χ1) is 8.38. The van der Waals surface area contributed by atoms with Crippen LogP contribution in [0.5, 0.6) is 0 Å². The Bertz CT molecular complexity index is 436. The van der Waals surface area contributed by atoms with E-state index in [2.05, 4.69) is 29.2 Å². The van der Waals surface area contributed by atoms with E-state index in [1.165, 1.54) is 18.4 Å². The molecule has 0 N–H and O–H groups in total. The lowest BCUT2D eigenvalue weighted by Gasteiger charge is -1.94. The van der Waals surface area contributed by atoms with Gasteiger partial charge in [-0.15, -0.1) is 0 Å². The van der Waals surface area contributed by atoms with Gasteiger partial charge in [-0.05, 0) is 12.0 Å². The van der Waals surface area contributed by atoms with Crippen LogP contribution in [0.2, 0.25) is 0 Å². The molecular formula is C14H18N2O. The minimum Gasteiger partial charge on any atom is -0.339 e. The lowest BCUT2D eigenvalue weighted by Crippen LogP contribution is -1.91. The molecule has 90 valence electrons. The molecule has 0 aliphatic carbocycles. The molecule has 3 heteroatoms. The van der Waals surface area contributed by atoms with Crippen LogP contribution in [-0.2, 0) is 12.8 Å². The second kappa shape index (κ2) is 6.18. The van der Waals surface area contributed by atoms with Crippen molar-refractivity contribution < 1.29 is 4.52 Å². The minimum absolute atomic E-state index is 0.748. The van der Waals surface area contributed by atoms with Crippen LogP contribution in [0.1, 0.15) is 43.5 Å². The molecule has 17 heavy (non-hydrogen) atoms. The molecule has 1 aromatic heterocycles. The van der Waals surface area contributed by atoms with E-state index in [9.17, 15) is 0 Å². The zero-order chi connectivity index (χ0) is 11.9. The molecule has 0 saturated heterocycles. The quantitative estimate of drug-likeness (QED) is 0.714. The Kier molecular flexibility index (Phi) is 4.30. The Morgan fingerprint density at radius 2 is 1.94 bits per heavy atom. The summed E-state index contributed by atoms with van der Waals surface area (Å²) in [7, 11) is 0. The molecule has 0 amide bonds. The highest BCUT2D eigenvalue weighted by molar-refractivity contribution is 5.18. The number of hydrogen-bond acceptors (Lipinski definition) is 3. The van der Waals surface area contributed by atoms with Crippen molar-refractivity contribution in [2.75, 3.05) is 0 Å². The summed E-state index contributed by atoms with van der Waals surface area (Å²) in [6, 6.07) is 10.2. The zero-order valence-corrected chi connectivity index (χ0v) is 10.2. The fourth-order valence-corrected chi connectivity index (χ4v) is 1.77. The Morgan fingerprint density at radius 3 is 2.71 bits per heavy atom. The highest BCUT2D eigenvalue weighted by atomic mass is 16.5. The molecule has 1 aromatic carbocycles. The third kappa shape index (κ3) is 3.70. The fraction of sp³-hybridized carbons (Fsp3) is 0.429. The third-order valence-corrected chi connectivity index (χ3v) is 2.71. The summed E-state index contributed by atoms with van der Waals surface area (Å²) in [5.74, 6) is 1.55. The molecule has 0 unspecified atom stereocenters. The first kappa shape index (κ1) is 11.8. The molecule has 0 aliphatic rings. The van der Waals surface area contributed by atoms with Gasteiger partial charge in [0.2, 0.25) is 5.89 Å². The summed E-state index contributed by atoms with van der Waals surface area (Å²) in [5.41, 5.74) is 1.22. The molecule has 3 nitrogen and oxygen atoms in total. The van der Waals surface area contributed by atoms with Gasteiger partial charge in [-0.1, -0.05) is 55.3 Å². The van der Waals surface area contributed by atoms with Crippen molar-refractivity contribution in [2.24, 2.45) is 0 Å². The lowest BCUT2D eigenvalue weighted by molar-refractivity contribution is 0.370. The normalized spacial score (nSPS) is 10.6. The monoisotopic (exact) mass is 230 g/mol. The van der Waals surface area contributed by atoms with Crippen molar-refractivity contribution >= 4 is 0 Å². The van der Waals surface area contributed by atoms with Crippen LogP contribution in [0.3, 0.4) is 0 Å². The average Bonchev–Trinajstić information content (AvgIpc) is 2.79. The van der Waals surface area contributed by atoms with Gasteiger partial charge in [-0.3, -0.25) is 0 Å². The van der Waals surface area contributed by atoms with E-state index in [1.54, 1.807) is 0 Å². The van der Waals surface area contributed by atoms with E-state index < -0.39 is 0 Å². The summed E-state index contributed by atoms with van der Waals surface area (Å²) in [5, 5.41) is 4.00. The van der Waals surface area contributed by atoms with Crippen LogP contribution >= 0.6 is 0 Å². The van der Waals surface area contributed by atoms with Gasteiger partial charge in [0.1, 0.15) is 0 Å². The second-order valence-electron chi connectivity index (χ2n) is 4.22. The Labute approximate surface area is 102 Å². The Balaban J connectivity index is 1.90. The number of unbranched alkanes of at least 4 members (excludes halogenated alkanes) is 2. The summed E-state index contributed by atoms with van der Waals surface area (Å²) in [6.45, 7) is 2.19.